The van der Waals surface area contributed by atoms with Gasteiger partial charge in [0.1, 0.15) is 5.83 Å². The third-order valence-electron chi connectivity index (χ3n) is 3.33. The molecule has 0 aliphatic carbocycles. The first kappa shape index (κ1) is 12.1. The van der Waals surface area contributed by atoms with Gasteiger partial charge < -0.3 is 10.6 Å². The summed E-state index contributed by atoms with van der Waals surface area (Å²) in [6, 6.07) is 0.422. The smallest absolute Gasteiger partial charge is 0.119 e. The van der Waals surface area contributed by atoms with Crippen LogP contribution in [-0.4, -0.2) is 19.1 Å². The zero-order chi connectivity index (χ0) is 12.4. The van der Waals surface area contributed by atoms with Crippen LogP contribution in [0.3, 0.4) is 0 Å². The molecule has 0 fully saturated rings. The Labute approximate surface area is 102 Å². The molecule has 0 aromatic rings. The van der Waals surface area contributed by atoms with Crippen molar-refractivity contribution in [2.75, 3.05) is 13.1 Å². The first-order valence-electron chi connectivity index (χ1n) is 6.00. The van der Waals surface area contributed by atoms with Gasteiger partial charge in [0.2, 0.25) is 0 Å². The third kappa shape index (κ3) is 2.67. The molecule has 2 rings (SSSR count). The second kappa shape index (κ2) is 4.88. The summed E-state index contributed by atoms with van der Waals surface area (Å²) in [5, 5.41) is 6.61. The van der Waals surface area contributed by atoms with E-state index in [2.05, 4.69) is 24.1 Å². The normalized spacial score (nSPS) is 32.2. The minimum absolute atomic E-state index is 0.142. The van der Waals surface area contributed by atoms with Crippen molar-refractivity contribution in [3.63, 3.8) is 0 Å². The second-order valence-electron chi connectivity index (χ2n) is 4.74. The Kier molecular flexibility index (Phi) is 3.48. The molecule has 1 atom stereocenters. The van der Waals surface area contributed by atoms with Crippen molar-refractivity contribution in [3.05, 3.63) is 47.0 Å². The van der Waals surface area contributed by atoms with E-state index in [1.165, 1.54) is 11.6 Å². The number of nitrogens with one attached hydrogen (secondary N) is 2. The van der Waals surface area contributed by atoms with E-state index in [1.807, 2.05) is 6.92 Å². The van der Waals surface area contributed by atoms with Crippen molar-refractivity contribution >= 4 is 0 Å². The maximum atomic E-state index is 13.4. The molecule has 2 aliphatic heterocycles. The van der Waals surface area contributed by atoms with E-state index >= 15 is 0 Å². The summed E-state index contributed by atoms with van der Waals surface area (Å²) in [5.74, 6) is -0.142. The van der Waals surface area contributed by atoms with E-state index < -0.39 is 0 Å². The van der Waals surface area contributed by atoms with Crippen LogP contribution in [0.15, 0.2) is 47.0 Å². The lowest BCUT2D eigenvalue weighted by Gasteiger charge is -2.28. The first-order valence-corrected chi connectivity index (χ1v) is 6.00. The highest BCUT2D eigenvalue weighted by Crippen LogP contribution is 2.25. The van der Waals surface area contributed by atoms with Crippen molar-refractivity contribution in [2.45, 2.75) is 26.3 Å². The number of allylic oxidation sites excluding steroid dienone is 3. The van der Waals surface area contributed by atoms with Crippen LogP contribution in [0.5, 0.6) is 0 Å². The molecule has 0 bridgehead atoms. The number of hydrogen-bond acceptors (Lipinski definition) is 2. The van der Waals surface area contributed by atoms with Crippen molar-refractivity contribution in [3.8, 4) is 0 Å². The molecule has 92 valence electrons. The van der Waals surface area contributed by atoms with Gasteiger partial charge in [-0.1, -0.05) is 12.7 Å². The van der Waals surface area contributed by atoms with Crippen molar-refractivity contribution in [1.82, 2.24) is 10.6 Å². The van der Waals surface area contributed by atoms with Crippen LogP contribution in [0, 0.1) is 0 Å². The van der Waals surface area contributed by atoms with E-state index in [4.69, 9.17) is 0 Å². The molecule has 2 aliphatic rings. The Morgan fingerprint density at radius 3 is 2.88 bits per heavy atom. The Bertz CT molecular complexity index is 430. The predicted molar refractivity (Wildman–Crippen MR) is 69.2 cm³/mol. The van der Waals surface area contributed by atoms with Gasteiger partial charge in [-0.25, -0.2) is 4.39 Å². The summed E-state index contributed by atoms with van der Waals surface area (Å²) < 4.78 is 13.4. The molecule has 2 N–H and O–H groups in total. The van der Waals surface area contributed by atoms with Gasteiger partial charge in [0.15, 0.2) is 0 Å². The van der Waals surface area contributed by atoms with Gasteiger partial charge in [0.05, 0.1) is 6.54 Å². The fraction of sp³-hybridized carbons (Fsp3) is 0.429. The molecule has 0 saturated carbocycles. The van der Waals surface area contributed by atoms with E-state index in [9.17, 15) is 4.39 Å². The molecule has 17 heavy (non-hydrogen) atoms. The maximum Gasteiger partial charge on any atom is 0.119 e. The van der Waals surface area contributed by atoms with Crippen LogP contribution in [-0.2, 0) is 0 Å². The lowest BCUT2D eigenvalue weighted by atomic mass is 9.93. The van der Waals surface area contributed by atoms with Gasteiger partial charge in [0, 0.05) is 24.7 Å². The maximum absolute atomic E-state index is 13.4. The monoisotopic (exact) mass is 234 g/mol. The third-order valence-corrected chi connectivity index (χ3v) is 3.33. The van der Waals surface area contributed by atoms with Crippen LogP contribution in [0.25, 0.3) is 0 Å². The average Bonchev–Trinajstić information content (AvgIpc) is 2.36. The Morgan fingerprint density at radius 2 is 2.12 bits per heavy atom. The lowest BCUT2D eigenvalue weighted by Crippen LogP contribution is -2.37. The summed E-state index contributed by atoms with van der Waals surface area (Å²) in [5.41, 5.74) is 4.32. The molecule has 0 aromatic heterocycles. The van der Waals surface area contributed by atoms with E-state index in [1.54, 1.807) is 6.08 Å². The Hall–Kier alpha value is -1.35. The summed E-state index contributed by atoms with van der Waals surface area (Å²) in [7, 11) is 0. The fourth-order valence-electron chi connectivity index (χ4n) is 2.16. The standard InChI is InChI=1S/C14H19FN2/c1-9-4-5-12(15)7-17-14-6-10(2)16-8-13(14)11(9)3/h4-5,10,16-17H,3,6-8H2,1-2H3/b9-4-,12-5+. The van der Waals surface area contributed by atoms with Gasteiger partial charge >= 0.3 is 0 Å². The number of hydrogen-bond donors (Lipinski definition) is 2. The van der Waals surface area contributed by atoms with Crippen LogP contribution in [0.1, 0.15) is 20.3 Å². The summed E-state index contributed by atoms with van der Waals surface area (Å²) in [4.78, 5) is 0. The second-order valence-corrected chi connectivity index (χ2v) is 4.74. The minimum atomic E-state index is -0.142. The van der Waals surface area contributed by atoms with Crippen LogP contribution >= 0.6 is 0 Å². The van der Waals surface area contributed by atoms with Gasteiger partial charge in [-0.3, -0.25) is 0 Å². The zero-order valence-electron chi connectivity index (χ0n) is 10.4. The van der Waals surface area contributed by atoms with Crippen LogP contribution in [0.4, 0.5) is 4.39 Å². The van der Waals surface area contributed by atoms with Crippen LogP contribution in [0.2, 0.25) is 0 Å². The molecule has 0 radical (unpaired) electrons. The van der Waals surface area contributed by atoms with E-state index in [-0.39, 0.29) is 12.4 Å². The highest BCUT2D eigenvalue weighted by molar-refractivity contribution is 5.49. The molecule has 3 heteroatoms. The SMILES string of the molecule is C=C1C2=C(CC(C)NC2)NC/C(F)=C\C=C/1C. The van der Waals surface area contributed by atoms with E-state index in [0.29, 0.717) is 6.04 Å². The largest absolute Gasteiger partial charge is 0.382 e. The van der Waals surface area contributed by atoms with Crippen molar-refractivity contribution in [2.24, 2.45) is 0 Å². The lowest BCUT2D eigenvalue weighted by molar-refractivity contribution is 0.509. The van der Waals surface area contributed by atoms with Gasteiger partial charge in [0.25, 0.3) is 0 Å². The molecule has 2 nitrogen and oxygen atoms in total. The van der Waals surface area contributed by atoms with Gasteiger partial charge in [-0.05, 0) is 36.6 Å². The number of halogens is 1. The predicted octanol–water partition coefficient (Wildman–Crippen LogP) is 2.58. The zero-order valence-corrected chi connectivity index (χ0v) is 10.4. The molecule has 0 saturated heterocycles. The molecule has 0 amide bonds. The van der Waals surface area contributed by atoms with Gasteiger partial charge in [-0.2, -0.15) is 0 Å². The molecular formula is C14H19FN2. The quantitative estimate of drug-likeness (QED) is 0.673. The summed E-state index contributed by atoms with van der Waals surface area (Å²) >= 11 is 0. The highest BCUT2D eigenvalue weighted by Gasteiger charge is 2.20. The highest BCUT2D eigenvalue weighted by atomic mass is 19.1. The fourth-order valence-corrected chi connectivity index (χ4v) is 2.16. The molecule has 2 heterocycles. The van der Waals surface area contributed by atoms with Gasteiger partial charge in [-0.15, -0.1) is 0 Å². The topological polar surface area (TPSA) is 24.1 Å². The summed E-state index contributed by atoms with van der Waals surface area (Å²) in [6.45, 7) is 9.29. The average molecular weight is 234 g/mol. The summed E-state index contributed by atoms with van der Waals surface area (Å²) in [6.07, 6.45) is 4.21. The molecular weight excluding hydrogens is 215 g/mol. The van der Waals surface area contributed by atoms with Crippen molar-refractivity contribution < 1.29 is 4.39 Å². The first-order chi connectivity index (χ1) is 8.08. The van der Waals surface area contributed by atoms with Crippen molar-refractivity contribution in [1.29, 1.82) is 0 Å². The molecule has 0 aromatic carbocycles. The number of rotatable bonds is 0. The van der Waals surface area contributed by atoms with E-state index in [0.717, 1.165) is 29.8 Å². The van der Waals surface area contributed by atoms with Crippen LogP contribution < -0.4 is 10.6 Å². The molecule has 0 spiro atoms. The molecule has 1 unspecified atom stereocenters. The Balaban J connectivity index is 2.37. The Morgan fingerprint density at radius 1 is 1.35 bits per heavy atom. The minimum Gasteiger partial charge on any atom is -0.382 e.